The maximum absolute atomic E-state index is 4.18. The van der Waals surface area contributed by atoms with Crippen molar-refractivity contribution in [2.75, 3.05) is 6.54 Å². The smallest absolute Gasteiger partial charge is 0.264 e. The zero-order valence-electron chi connectivity index (χ0n) is 8.29. The Morgan fingerprint density at radius 2 is 2.40 bits per heavy atom. The Hall–Kier alpha value is -1.20. The van der Waals surface area contributed by atoms with Crippen molar-refractivity contribution < 1.29 is 4.99 Å². The third kappa shape index (κ3) is 4.22. The average molecular weight is 240 g/mol. The van der Waals surface area contributed by atoms with Gasteiger partial charge in [0, 0.05) is 0 Å². The van der Waals surface area contributed by atoms with Crippen molar-refractivity contribution in [2.24, 2.45) is 0 Å². The van der Waals surface area contributed by atoms with E-state index in [9.17, 15) is 0 Å². The van der Waals surface area contributed by atoms with E-state index in [1.54, 1.807) is 17.4 Å². The topological polar surface area (TPSA) is 38.0 Å². The van der Waals surface area contributed by atoms with Gasteiger partial charge in [-0.2, -0.15) is 5.43 Å². The molecule has 0 saturated carbocycles. The standard InChI is InChI=1S/C10H13N3S2/c1-3-6-11-10(14)13-12-8(2)9-5-4-7-15-9/h3-5,7,12H,1-2,6H2,(H2,11,13,14)/p+1. The molecule has 0 fully saturated rings. The van der Waals surface area contributed by atoms with Crippen LogP contribution in [0.4, 0.5) is 0 Å². The highest BCUT2D eigenvalue weighted by Crippen LogP contribution is 2.14. The number of hydrazine groups is 1. The highest BCUT2D eigenvalue weighted by Gasteiger charge is 2.02. The van der Waals surface area contributed by atoms with E-state index in [4.69, 9.17) is 0 Å². The molecule has 1 rings (SSSR count). The van der Waals surface area contributed by atoms with Crippen molar-refractivity contribution in [1.29, 1.82) is 0 Å². The summed E-state index contributed by atoms with van der Waals surface area (Å²) >= 11 is 5.81. The van der Waals surface area contributed by atoms with Crippen LogP contribution in [0, 0.1) is 0 Å². The normalized spacial score (nSPS) is 10.9. The number of hydrogen-bond donors (Lipinski definition) is 4. The monoisotopic (exact) mass is 240 g/mol. The molecule has 0 aromatic carbocycles. The lowest BCUT2D eigenvalue weighted by molar-refractivity contribution is -0.443. The Balaban J connectivity index is 2.37. The second kappa shape index (κ2) is 6.31. The second-order valence-corrected chi connectivity index (χ2v) is 4.12. The Morgan fingerprint density at radius 3 is 3.00 bits per heavy atom. The molecule has 80 valence electrons. The van der Waals surface area contributed by atoms with E-state index >= 15 is 0 Å². The lowest BCUT2D eigenvalue weighted by Gasteiger charge is -2.03. The van der Waals surface area contributed by atoms with E-state index in [2.05, 4.69) is 41.6 Å². The second-order valence-electron chi connectivity index (χ2n) is 2.72. The van der Waals surface area contributed by atoms with Crippen LogP contribution < -0.4 is 15.8 Å². The van der Waals surface area contributed by atoms with Crippen molar-refractivity contribution >= 4 is 34.8 Å². The van der Waals surface area contributed by atoms with Crippen LogP contribution in [0.25, 0.3) is 5.70 Å². The summed E-state index contributed by atoms with van der Waals surface area (Å²) in [6, 6.07) is 3.98. The maximum Gasteiger partial charge on any atom is 0.324 e. The molecular formula is C10H14N3S2+. The Labute approximate surface area is 99.0 Å². The Morgan fingerprint density at radius 1 is 1.60 bits per heavy atom. The van der Waals surface area contributed by atoms with E-state index in [1.807, 2.05) is 17.5 Å². The molecule has 0 aliphatic rings. The summed E-state index contributed by atoms with van der Waals surface area (Å²) in [4.78, 5) is 4.07. The zero-order valence-corrected chi connectivity index (χ0v) is 10.00. The fraction of sp³-hybridized carbons (Fsp3) is 0.100. The average Bonchev–Trinajstić information content (AvgIpc) is 2.76. The van der Waals surface area contributed by atoms with Crippen LogP contribution in [-0.2, 0) is 0 Å². The van der Waals surface area contributed by atoms with Gasteiger partial charge in [-0.3, -0.25) is 4.99 Å². The number of amidine groups is 1. The molecule has 0 radical (unpaired) electrons. The molecule has 1 heterocycles. The van der Waals surface area contributed by atoms with Crippen LogP contribution >= 0.6 is 24.0 Å². The van der Waals surface area contributed by atoms with Crippen molar-refractivity contribution in [2.45, 2.75) is 0 Å². The third-order valence-electron chi connectivity index (χ3n) is 1.56. The fourth-order valence-corrected chi connectivity index (χ4v) is 1.66. The summed E-state index contributed by atoms with van der Waals surface area (Å²) in [5.74, 6) is 0. The van der Waals surface area contributed by atoms with E-state index in [0.29, 0.717) is 11.7 Å². The van der Waals surface area contributed by atoms with Crippen molar-refractivity contribution in [3.05, 3.63) is 41.6 Å². The molecular weight excluding hydrogens is 226 g/mol. The molecule has 1 aromatic heterocycles. The minimum absolute atomic E-state index is 0.632. The first-order valence-electron chi connectivity index (χ1n) is 4.39. The number of thiophene rings is 1. The molecule has 0 saturated heterocycles. The first-order chi connectivity index (χ1) is 7.24. The molecule has 15 heavy (non-hydrogen) atoms. The molecule has 1 aromatic rings. The highest BCUT2D eigenvalue weighted by molar-refractivity contribution is 7.96. The molecule has 0 aliphatic carbocycles. The lowest BCUT2D eigenvalue weighted by Crippen LogP contribution is -2.75. The Bertz CT molecular complexity index is 355. The summed E-state index contributed by atoms with van der Waals surface area (Å²) in [5, 5.41) is 2.64. The first kappa shape index (κ1) is 11.9. The fourth-order valence-electron chi connectivity index (χ4n) is 0.860. The molecule has 3 nitrogen and oxygen atoms in total. The van der Waals surface area contributed by atoms with Gasteiger partial charge in [-0.15, -0.1) is 11.3 Å². The van der Waals surface area contributed by atoms with Gasteiger partial charge in [0.15, 0.2) is 0 Å². The summed E-state index contributed by atoms with van der Waals surface area (Å²) < 4.78 is 0. The molecule has 0 unspecified atom stereocenters. The maximum atomic E-state index is 4.18. The van der Waals surface area contributed by atoms with E-state index in [1.165, 1.54) is 0 Å². The van der Waals surface area contributed by atoms with E-state index in [-0.39, 0.29) is 0 Å². The van der Waals surface area contributed by atoms with Gasteiger partial charge in [-0.1, -0.05) is 37.9 Å². The predicted molar refractivity (Wildman–Crippen MR) is 69.6 cm³/mol. The summed E-state index contributed by atoms with van der Waals surface area (Å²) in [6.45, 7) is 8.15. The summed E-state index contributed by atoms with van der Waals surface area (Å²) in [7, 11) is 0. The highest BCUT2D eigenvalue weighted by atomic mass is 32.1. The van der Waals surface area contributed by atoms with Gasteiger partial charge in [0.25, 0.3) is 0 Å². The van der Waals surface area contributed by atoms with Crippen molar-refractivity contribution in [1.82, 2.24) is 10.9 Å². The first-order valence-corrected chi connectivity index (χ1v) is 5.72. The SMILES string of the molecule is C=CC[NH+]=C(S)NNC(=C)c1cccs1. The number of hydrogen-bond acceptors (Lipinski definition) is 2. The van der Waals surface area contributed by atoms with E-state index < -0.39 is 0 Å². The van der Waals surface area contributed by atoms with Gasteiger partial charge in [0.1, 0.15) is 6.54 Å². The van der Waals surface area contributed by atoms with Gasteiger partial charge in [-0.05, 0) is 11.4 Å². The van der Waals surface area contributed by atoms with Crippen LogP contribution in [0.3, 0.4) is 0 Å². The lowest BCUT2D eigenvalue weighted by atomic mass is 10.4. The largest absolute Gasteiger partial charge is 0.324 e. The molecule has 5 heteroatoms. The number of thiol groups is 1. The minimum Gasteiger partial charge on any atom is -0.264 e. The van der Waals surface area contributed by atoms with Crippen LogP contribution in [0.2, 0.25) is 0 Å². The summed E-state index contributed by atoms with van der Waals surface area (Å²) in [6.07, 6.45) is 1.76. The van der Waals surface area contributed by atoms with E-state index in [0.717, 1.165) is 10.6 Å². The summed E-state index contributed by atoms with van der Waals surface area (Å²) in [5.41, 5.74) is 6.65. The van der Waals surface area contributed by atoms with Crippen LogP contribution in [0.15, 0.2) is 36.7 Å². The molecule has 0 spiro atoms. The molecule has 0 bridgehead atoms. The van der Waals surface area contributed by atoms with Crippen molar-refractivity contribution in [3.63, 3.8) is 0 Å². The molecule has 3 N–H and O–H groups in total. The zero-order chi connectivity index (χ0) is 11.1. The van der Waals surface area contributed by atoms with Gasteiger partial charge in [-0.25, -0.2) is 5.43 Å². The number of rotatable bonds is 5. The number of nitrogens with one attached hydrogen (secondary N) is 3. The third-order valence-corrected chi connectivity index (χ3v) is 2.76. The van der Waals surface area contributed by atoms with Crippen LogP contribution in [0.5, 0.6) is 0 Å². The molecule has 0 amide bonds. The van der Waals surface area contributed by atoms with Gasteiger partial charge in [0.05, 0.1) is 10.6 Å². The Kier molecular flexibility index (Phi) is 5.00. The predicted octanol–water partition coefficient (Wildman–Crippen LogP) is 0.365. The van der Waals surface area contributed by atoms with Gasteiger partial charge >= 0.3 is 5.17 Å². The van der Waals surface area contributed by atoms with Gasteiger partial charge < -0.3 is 0 Å². The molecule has 0 aliphatic heterocycles. The molecule has 0 atom stereocenters. The van der Waals surface area contributed by atoms with Crippen LogP contribution in [0.1, 0.15) is 4.88 Å². The van der Waals surface area contributed by atoms with Crippen molar-refractivity contribution in [3.8, 4) is 0 Å². The minimum atomic E-state index is 0.632. The van der Waals surface area contributed by atoms with Crippen LogP contribution in [-0.4, -0.2) is 11.7 Å². The quantitative estimate of drug-likeness (QED) is 0.197. The van der Waals surface area contributed by atoms with Gasteiger partial charge in [0.2, 0.25) is 0 Å².